The first-order valence-corrected chi connectivity index (χ1v) is 8.09. The van der Waals surface area contributed by atoms with Crippen LogP contribution >= 0.6 is 15.9 Å². The summed E-state index contributed by atoms with van der Waals surface area (Å²) in [6.45, 7) is 2.27. The number of rotatable bonds is 2. The molecular formula is C11H16BrN3O3S. The molecule has 0 spiro atoms. The van der Waals surface area contributed by atoms with E-state index >= 15 is 0 Å². The van der Waals surface area contributed by atoms with Crippen LogP contribution in [0, 0.1) is 0 Å². The Bertz CT molecular complexity index is 579. The van der Waals surface area contributed by atoms with E-state index in [0.29, 0.717) is 17.3 Å². The number of aromatic nitrogens is 1. The van der Waals surface area contributed by atoms with Crippen LogP contribution in [0.15, 0.2) is 21.6 Å². The van der Waals surface area contributed by atoms with E-state index in [1.165, 1.54) is 16.6 Å². The van der Waals surface area contributed by atoms with Crippen LogP contribution in [0.1, 0.15) is 19.8 Å². The highest BCUT2D eigenvalue weighted by Gasteiger charge is 2.35. The summed E-state index contributed by atoms with van der Waals surface area (Å²) in [6, 6.07) is 1.45. The smallest absolute Gasteiger partial charge is 0.246 e. The molecule has 0 radical (unpaired) electrons. The van der Waals surface area contributed by atoms with Gasteiger partial charge in [0.25, 0.3) is 0 Å². The van der Waals surface area contributed by atoms with E-state index < -0.39 is 15.6 Å². The van der Waals surface area contributed by atoms with E-state index in [-0.39, 0.29) is 23.8 Å². The average Bonchev–Trinajstić information content (AvgIpc) is 2.31. The van der Waals surface area contributed by atoms with Crippen molar-refractivity contribution in [2.75, 3.05) is 18.8 Å². The highest BCUT2D eigenvalue weighted by molar-refractivity contribution is 9.10. The van der Waals surface area contributed by atoms with Gasteiger partial charge in [0, 0.05) is 23.8 Å². The molecule has 0 aliphatic carbocycles. The molecule has 1 aromatic heterocycles. The van der Waals surface area contributed by atoms with Gasteiger partial charge in [0.2, 0.25) is 10.0 Å². The lowest BCUT2D eigenvalue weighted by Gasteiger charge is -2.35. The fourth-order valence-corrected chi connectivity index (χ4v) is 4.00. The Balaban J connectivity index is 2.31. The van der Waals surface area contributed by atoms with E-state index in [1.807, 2.05) is 0 Å². The molecule has 0 aromatic carbocycles. The SMILES string of the molecule is CC1(O)CCN(S(=O)(=O)c2cc(Br)cnc2N)CC1. The van der Waals surface area contributed by atoms with Gasteiger partial charge < -0.3 is 10.8 Å². The predicted octanol–water partition coefficient (Wildman–Crippen LogP) is 0.962. The quantitative estimate of drug-likeness (QED) is 0.828. The third kappa shape index (κ3) is 3.07. The van der Waals surface area contributed by atoms with Crippen LogP contribution in [0.3, 0.4) is 0 Å². The molecule has 0 unspecified atom stereocenters. The van der Waals surface area contributed by atoms with E-state index in [2.05, 4.69) is 20.9 Å². The zero-order valence-corrected chi connectivity index (χ0v) is 12.9. The topological polar surface area (TPSA) is 96.5 Å². The van der Waals surface area contributed by atoms with Crippen LogP contribution in [-0.2, 0) is 10.0 Å². The highest BCUT2D eigenvalue weighted by Crippen LogP contribution is 2.29. The fourth-order valence-electron chi connectivity index (χ4n) is 1.99. The Morgan fingerprint density at radius 3 is 2.63 bits per heavy atom. The standard InChI is InChI=1S/C11H16BrN3O3S/c1-11(16)2-4-15(5-3-11)19(17,18)9-6-8(12)7-14-10(9)13/h6-7,16H,2-5H2,1H3,(H2,13,14). The summed E-state index contributed by atoms with van der Waals surface area (Å²) >= 11 is 3.19. The molecule has 6 nitrogen and oxygen atoms in total. The summed E-state index contributed by atoms with van der Waals surface area (Å²) in [5.41, 5.74) is 4.85. The first-order valence-electron chi connectivity index (χ1n) is 5.86. The van der Waals surface area contributed by atoms with Crippen LogP contribution in [-0.4, -0.2) is 41.5 Å². The zero-order chi connectivity index (χ0) is 14.3. The van der Waals surface area contributed by atoms with E-state index in [0.717, 1.165) is 0 Å². The molecule has 106 valence electrons. The fraction of sp³-hybridized carbons (Fsp3) is 0.545. The molecule has 1 fully saturated rings. The number of nitrogens with zero attached hydrogens (tertiary/aromatic N) is 2. The molecule has 1 saturated heterocycles. The van der Waals surface area contributed by atoms with E-state index in [4.69, 9.17) is 5.73 Å². The summed E-state index contributed by atoms with van der Waals surface area (Å²) < 4.78 is 26.8. The molecule has 1 aliphatic heterocycles. The van der Waals surface area contributed by atoms with Crippen molar-refractivity contribution < 1.29 is 13.5 Å². The van der Waals surface area contributed by atoms with Gasteiger partial charge in [-0.05, 0) is 41.8 Å². The Hall–Kier alpha value is -0.700. The van der Waals surface area contributed by atoms with Crippen molar-refractivity contribution in [1.29, 1.82) is 0 Å². The molecule has 3 N–H and O–H groups in total. The monoisotopic (exact) mass is 349 g/mol. The molecule has 0 bridgehead atoms. The summed E-state index contributed by atoms with van der Waals surface area (Å²) in [4.78, 5) is 3.85. The van der Waals surface area contributed by atoms with Crippen LogP contribution in [0.25, 0.3) is 0 Å². The van der Waals surface area contributed by atoms with Crippen LogP contribution in [0.2, 0.25) is 0 Å². The van der Waals surface area contributed by atoms with Crippen LogP contribution in [0.4, 0.5) is 5.82 Å². The first kappa shape index (κ1) is 14.7. The van der Waals surface area contributed by atoms with E-state index in [9.17, 15) is 13.5 Å². The summed E-state index contributed by atoms with van der Waals surface area (Å²) in [5.74, 6) is -0.0134. The van der Waals surface area contributed by atoms with Gasteiger partial charge in [-0.3, -0.25) is 0 Å². The second kappa shape index (κ2) is 5.01. The molecule has 1 aromatic rings. The molecule has 0 amide bonds. The van der Waals surface area contributed by atoms with Crippen molar-refractivity contribution in [2.45, 2.75) is 30.3 Å². The largest absolute Gasteiger partial charge is 0.390 e. The number of piperidine rings is 1. The Kier molecular flexibility index (Phi) is 3.87. The second-order valence-electron chi connectivity index (χ2n) is 4.94. The second-order valence-corrected chi connectivity index (χ2v) is 7.76. The third-order valence-corrected chi connectivity index (χ3v) is 5.63. The maximum absolute atomic E-state index is 12.5. The number of nitrogens with two attached hydrogens (primary N) is 1. The van der Waals surface area contributed by atoms with E-state index in [1.54, 1.807) is 6.92 Å². The summed E-state index contributed by atoms with van der Waals surface area (Å²) in [6.07, 6.45) is 2.27. The lowest BCUT2D eigenvalue weighted by molar-refractivity contribution is 0.0126. The molecule has 1 aliphatic rings. The van der Waals surface area contributed by atoms with Gasteiger partial charge in [0.05, 0.1) is 5.60 Å². The lowest BCUT2D eigenvalue weighted by Crippen LogP contribution is -2.45. The van der Waals surface area contributed by atoms with Gasteiger partial charge in [-0.15, -0.1) is 0 Å². The average molecular weight is 350 g/mol. The number of hydrogen-bond acceptors (Lipinski definition) is 5. The van der Waals surface area contributed by atoms with Crippen LogP contribution < -0.4 is 5.73 Å². The first-order chi connectivity index (χ1) is 8.72. The van der Waals surface area contributed by atoms with Gasteiger partial charge in [0.1, 0.15) is 10.7 Å². The maximum Gasteiger partial charge on any atom is 0.246 e. The maximum atomic E-state index is 12.5. The number of sulfonamides is 1. The van der Waals surface area contributed by atoms with Crippen molar-refractivity contribution >= 4 is 31.8 Å². The van der Waals surface area contributed by atoms with Crippen LogP contribution in [0.5, 0.6) is 0 Å². The third-order valence-electron chi connectivity index (χ3n) is 3.27. The molecule has 0 atom stereocenters. The van der Waals surface area contributed by atoms with Crippen molar-refractivity contribution in [3.63, 3.8) is 0 Å². The normalized spacial score (nSPS) is 20.4. The molecule has 8 heteroatoms. The van der Waals surface area contributed by atoms with Gasteiger partial charge >= 0.3 is 0 Å². The minimum atomic E-state index is -3.66. The number of pyridine rings is 1. The Morgan fingerprint density at radius 1 is 1.47 bits per heavy atom. The predicted molar refractivity (Wildman–Crippen MR) is 75.0 cm³/mol. The Labute approximate surface area is 120 Å². The molecule has 2 rings (SSSR count). The van der Waals surface area contributed by atoms with Gasteiger partial charge in [-0.1, -0.05) is 0 Å². The number of anilines is 1. The highest BCUT2D eigenvalue weighted by atomic mass is 79.9. The van der Waals surface area contributed by atoms with Gasteiger partial charge in [0.15, 0.2) is 0 Å². The van der Waals surface area contributed by atoms with Gasteiger partial charge in [-0.25, -0.2) is 13.4 Å². The van der Waals surface area contributed by atoms with Crippen molar-refractivity contribution in [3.05, 3.63) is 16.7 Å². The Morgan fingerprint density at radius 2 is 2.05 bits per heavy atom. The summed E-state index contributed by atoms with van der Waals surface area (Å²) in [5, 5.41) is 9.86. The minimum Gasteiger partial charge on any atom is -0.390 e. The van der Waals surface area contributed by atoms with Crippen molar-refractivity contribution in [2.24, 2.45) is 0 Å². The molecule has 0 saturated carbocycles. The number of aliphatic hydroxyl groups is 1. The van der Waals surface area contributed by atoms with Crippen molar-refractivity contribution in [1.82, 2.24) is 9.29 Å². The zero-order valence-electron chi connectivity index (χ0n) is 10.5. The number of halogens is 1. The van der Waals surface area contributed by atoms with Gasteiger partial charge in [-0.2, -0.15) is 4.31 Å². The molecule has 2 heterocycles. The summed E-state index contributed by atoms with van der Waals surface area (Å²) in [7, 11) is -3.66. The number of hydrogen-bond donors (Lipinski definition) is 2. The van der Waals surface area contributed by atoms with Crippen molar-refractivity contribution in [3.8, 4) is 0 Å². The molecular weight excluding hydrogens is 334 g/mol. The number of nitrogen functional groups attached to an aromatic ring is 1. The minimum absolute atomic E-state index is 0.00316. The molecule has 19 heavy (non-hydrogen) atoms. The lowest BCUT2D eigenvalue weighted by atomic mass is 9.95.